The van der Waals surface area contributed by atoms with E-state index in [9.17, 15) is 34.8 Å². The van der Waals surface area contributed by atoms with Gasteiger partial charge in [0.2, 0.25) is 17.6 Å². The van der Waals surface area contributed by atoms with Gasteiger partial charge in [0.15, 0.2) is 5.96 Å². The van der Waals surface area contributed by atoms with E-state index in [4.69, 9.17) is 15.9 Å². The van der Waals surface area contributed by atoms with Crippen LogP contribution in [0.3, 0.4) is 0 Å². The Labute approximate surface area is 197 Å². The first-order valence-corrected chi connectivity index (χ1v) is 11.3. The summed E-state index contributed by atoms with van der Waals surface area (Å²) in [6.45, 7) is 1.87. The molecular formula is C21H35N5O8. The molecule has 0 aromatic heterocycles. The first-order valence-electron chi connectivity index (χ1n) is 11.3. The van der Waals surface area contributed by atoms with Crippen LogP contribution in [0.5, 0.6) is 0 Å². The second-order valence-corrected chi connectivity index (χ2v) is 8.50. The summed E-state index contributed by atoms with van der Waals surface area (Å²) >= 11 is 0. The predicted octanol–water partition coefficient (Wildman–Crippen LogP) is -2.07. The number of piperidine rings is 1. The Morgan fingerprint density at radius 2 is 1.94 bits per heavy atom. The number of hydrogen-bond acceptors (Lipinski definition) is 8. The summed E-state index contributed by atoms with van der Waals surface area (Å²) in [6, 6.07) is -2.17. The number of aliphatic hydroxyl groups excluding tert-OH is 3. The number of nitrogens with one attached hydrogen (secondary N) is 2. The fraction of sp³-hybridized carbons (Fsp3) is 0.714. The summed E-state index contributed by atoms with van der Waals surface area (Å²) in [5, 5.41) is 49.8. The fourth-order valence-electron chi connectivity index (χ4n) is 4.26. The van der Waals surface area contributed by atoms with E-state index in [-0.39, 0.29) is 18.9 Å². The van der Waals surface area contributed by atoms with E-state index in [0.29, 0.717) is 19.5 Å². The van der Waals surface area contributed by atoms with Crippen LogP contribution in [0.4, 0.5) is 0 Å². The number of carboxylic acid groups (broad SMARTS) is 1. The zero-order chi connectivity index (χ0) is 25.4. The number of nitrogens with zero attached hydrogens (tertiary/aromatic N) is 2. The molecule has 2 aliphatic heterocycles. The van der Waals surface area contributed by atoms with Gasteiger partial charge in [-0.2, -0.15) is 0 Å². The molecule has 1 fully saturated rings. The third-order valence-corrected chi connectivity index (χ3v) is 5.97. The molecule has 0 aromatic rings. The largest absolute Gasteiger partial charge is 0.478 e. The Bertz CT molecular complexity index is 785. The quantitative estimate of drug-likeness (QED) is 0.133. The van der Waals surface area contributed by atoms with Crippen molar-refractivity contribution in [3.63, 3.8) is 0 Å². The second kappa shape index (κ2) is 12.5. The Hall–Kier alpha value is -2.90. The number of rotatable bonds is 10. The van der Waals surface area contributed by atoms with E-state index in [1.54, 1.807) is 4.90 Å². The van der Waals surface area contributed by atoms with Crippen molar-refractivity contribution in [3.8, 4) is 0 Å². The molecule has 192 valence electrons. The van der Waals surface area contributed by atoms with E-state index < -0.39 is 60.6 Å². The van der Waals surface area contributed by atoms with E-state index in [2.05, 4.69) is 5.32 Å². The van der Waals surface area contributed by atoms with Crippen molar-refractivity contribution in [2.24, 2.45) is 5.73 Å². The summed E-state index contributed by atoms with van der Waals surface area (Å²) in [6.07, 6.45) is -0.244. The Balaban J connectivity index is 2.27. The highest BCUT2D eigenvalue weighted by molar-refractivity contribution is 5.85. The number of carbonyl (C=O) groups is 3. The molecule has 2 heterocycles. The monoisotopic (exact) mass is 485 g/mol. The summed E-state index contributed by atoms with van der Waals surface area (Å²) < 4.78 is 5.36. The molecule has 8 N–H and O–H groups in total. The van der Waals surface area contributed by atoms with Gasteiger partial charge in [-0.3, -0.25) is 15.0 Å². The SMILES string of the molecule is CC(=O)N[C@H]1[C@H]([C@H](O)[C@H](O)CO)OC(C(=O)O)=C[C@@H]1N(CCCC(=O)N1CCCCC1)C(=N)N. The molecule has 0 bridgehead atoms. The summed E-state index contributed by atoms with van der Waals surface area (Å²) in [5.74, 6) is -3.04. The summed E-state index contributed by atoms with van der Waals surface area (Å²) in [4.78, 5) is 39.2. The minimum Gasteiger partial charge on any atom is -0.478 e. The van der Waals surface area contributed by atoms with Crippen LogP contribution in [0.15, 0.2) is 11.8 Å². The van der Waals surface area contributed by atoms with Crippen molar-refractivity contribution < 1.29 is 39.5 Å². The number of ether oxygens (including phenoxy) is 1. The standard InChI is InChI=1S/C21H35N5O8/c1-12(28)24-17-13(10-15(20(32)33)34-19(17)18(31)14(29)11-27)26(21(22)23)9-5-6-16(30)25-7-3-2-4-8-25/h10,13-14,17-19,27,29,31H,2-9,11H2,1H3,(H3,22,23)(H,24,28)(H,32,33)/t13-,14+,17+,18+,19+/m0/s1. The molecule has 0 unspecified atom stereocenters. The van der Waals surface area contributed by atoms with Crippen LogP contribution < -0.4 is 11.1 Å². The average Bonchev–Trinajstić information content (AvgIpc) is 2.80. The third-order valence-electron chi connectivity index (χ3n) is 5.97. The second-order valence-electron chi connectivity index (χ2n) is 8.50. The van der Waals surface area contributed by atoms with Crippen LogP contribution in [-0.4, -0.2) is 111 Å². The van der Waals surface area contributed by atoms with Gasteiger partial charge < -0.3 is 46.0 Å². The topological polar surface area (TPSA) is 210 Å². The number of hydrogen-bond donors (Lipinski definition) is 7. The molecule has 0 aromatic carbocycles. The van der Waals surface area contributed by atoms with Crippen LogP contribution in [0, 0.1) is 5.41 Å². The number of guanidine groups is 1. The van der Waals surface area contributed by atoms with Crippen LogP contribution in [0.2, 0.25) is 0 Å². The number of aliphatic carboxylic acids is 1. The van der Waals surface area contributed by atoms with E-state index in [1.165, 1.54) is 11.8 Å². The first kappa shape index (κ1) is 27.3. The van der Waals surface area contributed by atoms with Gasteiger partial charge in [-0.25, -0.2) is 4.79 Å². The highest BCUT2D eigenvalue weighted by atomic mass is 16.5. The molecule has 13 nitrogen and oxygen atoms in total. The number of carbonyl (C=O) groups excluding carboxylic acids is 2. The summed E-state index contributed by atoms with van der Waals surface area (Å²) in [5.41, 5.74) is 5.78. The van der Waals surface area contributed by atoms with Gasteiger partial charge >= 0.3 is 5.97 Å². The van der Waals surface area contributed by atoms with Crippen molar-refractivity contribution in [1.82, 2.24) is 15.1 Å². The minimum absolute atomic E-state index is 0.0188. The number of carboxylic acids is 1. The van der Waals surface area contributed by atoms with Crippen molar-refractivity contribution in [2.45, 2.75) is 69.4 Å². The Morgan fingerprint density at radius 3 is 2.47 bits per heavy atom. The average molecular weight is 486 g/mol. The number of nitrogens with two attached hydrogens (primary N) is 1. The zero-order valence-electron chi connectivity index (χ0n) is 19.2. The van der Waals surface area contributed by atoms with Gasteiger partial charge in [-0.1, -0.05) is 0 Å². The molecule has 0 radical (unpaired) electrons. The lowest BCUT2D eigenvalue weighted by Crippen LogP contribution is -2.65. The van der Waals surface area contributed by atoms with Crippen molar-refractivity contribution in [1.29, 1.82) is 5.41 Å². The van der Waals surface area contributed by atoms with Gasteiger partial charge in [-0.05, 0) is 31.8 Å². The maximum atomic E-state index is 12.5. The smallest absolute Gasteiger partial charge is 0.370 e. The number of aliphatic hydroxyl groups is 3. The zero-order valence-corrected chi connectivity index (χ0v) is 19.2. The maximum absolute atomic E-state index is 12.5. The lowest BCUT2D eigenvalue weighted by molar-refractivity contribution is -0.147. The van der Waals surface area contributed by atoms with Gasteiger partial charge in [0.05, 0.1) is 18.7 Å². The molecule has 34 heavy (non-hydrogen) atoms. The van der Waals surface area contributed by atoms with Gasteiger partial charge in [0, 0.05) is 33.0 Å². The van der Waals surface area contributed by atoms with E-state index in [1.807, 2.05) is 0 Å². The number of likely N-dealkylation sites (tertiary alicyclic amines) is 1. The molecule has 0 spiro atoms. The van der Waals surface area contributed by atoms with Gasteiger partial charge in [-0.15, -0.1) is 0 Å². The van der Waals surface area contributed by atoms with Crippen molar-refractivity contribution >= 4 is 23.7 Å². The van der Waals surface area contributed by atoms with Gasteiger partial charge in [0.1, 0.15) is 18.3 Å². The number of amides is 2. The molecule has 5 atom stereocenters. The molecule has 13 heteroatoms. The van der Waals surface area contributed by atoms with Crippen LogP contribution in [-0.2, 0) is 19.1 Å². The lowest BCUT2D eigenvalue weighted by Gasteiger charge is -2.44. The normalized spacial score (nSPS) is 24.3. The van der Waals surface area contributed by atoms with Crippen molar-refractivity contribution in [2.75, 3.05) is 26.2 Å². The van der Waals surface area contributed by atoms with Crippen LogP contribution in [0.1, 0.15) is 39.0 Å². The molecule has 2 rings (SSSR count). The van der Waals surface area contributed by atoms with E-state index in [0.717, 1.165) is 25.3 Å². The lowest BCUT2D eigenvalue weighted by atomic mass is 9.91. The van der Waals surface area contributed by atoms with Crippen LogP contribution >= 0.6 is 0 Å². The highest BCUT2D eigenvalue weighted by Gasteiger charge is 2.45. The predicted molar refractivity (Wildman–Crippen MR) is 119 cm³/mol. The Kier molecular flexibility index (Phi) is 10.1. The van der Waals surface area contributed by atoms with Gasteiger partial charge in [0.25, 0.3) is 0 Å². The molecular weight excluding hydrogens is 450 g/mol. The molecule has 2 amide bonds. The maximum Gasteiger partial charge on any atom is 0.370 e. The Morgan fingerprint density at radius 1 is 1.29 bits per heavy atom. The van der Waals surface area contributed by atoms with E-state index >= 15 is 0 Å². The molecule has 2 aliphatic rings. The minimum atomic E-state index is -1.76. The first-order chi connectivity index (χ1) is 16.1. The van der Waals surface area contributed by atoms with Crippen LogP contribution in [0.25, 0.3) is 0 Å². The molecule has 0 aliphatic carbocycles. The summed E-state index contributed by atoms with van der Waals surface area (Å²) in [7, 11) is 0. The molecule has 1 saturated heterocycles. The fourth-order valence-corrected chi connectivity index (χ4v) is 4.26. The molecule has 0 saturated carbocycles. The highest BCUT2D eigenvalue weighted by Crippen LogP contribution is 2.26. The third kappa shape index (κ3) is 7.05. The van der Waals surface area contributed by atoms with Crippen molar-refractivity contribution in [3.05, 3.63) is 11.8 Å².